The minimum absolute atomic E-state index is 0.00269. The molecule has 45 heavy (non-hydrogen) atoms. The van der Waals surface area contributed by atoms with Gasteiger partial charge in [-0.05, 0) is 37.1 Å². The lowest BCUT2D eigenvalue weighted by Crippen LogP contribution is -2.21. The number of aryl methyl sites for hydroxylation is 1. The average Bonchev–Trinajstić information content (AvgIpc) is 3.49. The first-order chi connectivity index (χ1) is 21.6. The maximum absolute atomic E-state index is 14.0. The fourth-order valence-corrected chi connectivity index (χ4v) is 5.59. The number of aromatic nitrogens is 5. The monoisotopic (exact) mass is 645 g/mol. The van der Waals surface area contributed by atoms with E-state index in [-0.39, 0.29) is 23.9 Å². The highest BCUT2D eigenvalue weighted by Gasteiger charge is 2.36. The Morgan fingerprint density at radius 2 is 1.89 bits per heavy atom. The number of aliphatic hydroxyl groups excluding tert-OH is 1. The lowest BCUT2D eigenvalue weighted by molar-refractivity contribution is -0.137. The highest BCUT2D eigenvalue weighted by molar-refractivity contribution is 7.43. The summed E-state index contributed by atoms with van der Waals surface area (Å²) in [6, 6.07) is 8.06. The molecule has 1 atom stereocenters. The van der Waals surface area contributed by atoms with E-state index in [1.807, 2.05) is 6.92 Å². The van der Waals surface area contributed by atoms with E-state index in [1.165, 1.54) is 32.5 Å². The Morgan fingerprint density at radius 3 is 2.58 bits per heavy atom. The van der Waals surface area contributed by atoms with Gasteiger partial charge in [-0.15, -0.1) is 0 Å². The number of hydrogen-bond donors (Lipinski definition) is 4. The van der Waals surface area contributed by atoms with Gasteiger partial charge in [-0.25, -0.2) is 9.97 Å². The van der Waals surface area contributed by atoms with Crippen LogP contribution in [0.25, 0.3) is 11.3 Å². The fourth-order valence-electron chi connectivity index (χ4n) is 4.33. The average molecular weight is 646 g/mol. The van der Waals surface area contributed by atoms with Crippen LogP contribution < -0.4 is 20.7 Å². The van der Waals surface area contributed by atoms with Gasteiger partial charge in [-0.3, -0.25) is 9.48 Å². The summed E-state index contributed by atoms with van der Waals surface area (Å²) in [6.45, 7) is 2.42. The van der Waals surface area contributed by atoms with Gasteiger partial charge in [0, 0.05) is 43.7 Å². The molecule has 16 heteroatoms. The molecule has 0 bridgehead atoms. The number of rotatable bonds is 14. The van der Waals surface area contributed by atoms with Crippen molar-refractivity contribution in [3.63, 3.8) is 0 Å². The quantitative estimate of drug-likeness (QED) is 0.125. The molecule has 0 spiro atoms. The molecule has 0 radical (unpaired) electrons. The van der Waals surface area contributed by atoms with E-state index in [0.29, 0.717) is 54.2 Å². The molecule has 0 aliphatic heterocycles. The number of halogens is 3. The molecule has 0 saturated carbocycles. The van der Waals surface area contributed by atoms with E-state index in [1.54, 1.807) is 29.1 Å². The van der Waals surface area contributed by atoms with Crippen LogP contribution in [-0.2, 0) is 23.4 Å². The van der Waals surface area contributed by atoms with Gasteiger partial charge in [-0.1, -0.05) is 17.6 Å². The van der Waals surface area contributed by atoms with E-state index in [2.05, 4.69) is 36.0 Å². The third-order valence-corrected chi connectivity index (χ3v) is 8.17. The lowest BCUT2D eigenvalue weighted by Gasteiger charge is -2.17. The van der Waals surface area contributed by atoms with E-state index >= 15 is 0 Å². The van der Waals surface area contributed by atoms with E-state index in [9.17, 15) is 22.5 Å². The summed E-state index contributed by atoms with van der Waals surface area (Å²) in [5.41, 5.74) is 0.762. The normalized spacial score (nSPS) is 11.7. The van der Waals surface area contributed by atoms with Crippen LogP contribution in [0, 0.1) is 0 Å². The van der Waals surface area contributed by atoms with Gasteiger partial charge in [0.05, 0.1) is 30.4 Å². The van der Waals surface area contributed by atoms with Crippen molar-refractivity contribution in [3.05, 3.63) is 65.7 Å². The van der Waals surface area contributed by atoms with Gasteiger partial charge >= 0.3 is 14.0 Å². The molecule has 238 valence electrons. The third-order valence-electron chi connectivity index (χ3n) is 6.50. The topological polar surface area (TPSA) is 156 Å². The summed E-state index contributed by atoms with van der Waals surface area (Å²) in [4.78, 5) is 25.1. The van der Waals surface area contributed by atoms with Crippen LogP contribution in [0.15, 0.2) is 48.9 Å². The minimum Gasteiger partial charge on any atom is -0.495 e. The van der Waals surface area contributed by atoms with Gasteiger partial charge in [0.1, 0.15) is 23.3 Å². The zero-order chi connectivity index (χ0) is 32.6. The molecule has 1 unspecified atom stereocenters. The molecule has 3 heterocycles. The summed E-state index contributed by atoms with van der Waals surface area (Å²) in [6.07, 6.45) is 1.31. The molecule has 3 aromatic heterocycles. The predicted octanol–water partition coefficient (Wildman–Crippen LogP) is 5.73. The number of hydrogen-bond acceptors (Lipinski definition) is 10. The summed E-state index contributed by atoms with van der Waals surface area (Å²) >= 11 is 0. The van der Waals surface area contributed by atoms with Crippen LogP contribution in [0.1, 0.15) is 41.4 Å². The van der Waals surface area contributed by atoms with Crippen molar-refractivity contribution in [2.24, 2.45) is 0 Å². The maximum atomic E-state index is 14.0. The van der Waals surface area contributed by atoms with Crippen LogP contribution >= 0.6 is 7.80 Å². The molecule has 12 nitrogen and oxygen atoms in total. The van der Waals surface area contributed by atoms with Crippen molar-refractivity contribution in [1.29, 1.82) is 0 Å². The first-order valence-corrected chi connectivity index (χ1v) is 15.6. The molecular weight excluding hydrogens is 612 g/mol. The summed E-state index contributed by atoms with van der Waals surface area (Å²) in [5.74, 6) is -1.05. The number of alkyl halides is 3. The Labute approximate surface area is 258 Å². The van der Waals surface area contributed by atoms with Crippen molar-refractivity contribution >= 4 is 36.8 Å². The Hall–Kier alpha value is -4.62. The summed E-state index contributed by atoms with van der Waals surface area (Å²) in [7, 11) is 1.40. The van der Waals surface area contributed by atoms with E-state index in [4.69, 9.17) is 9.84 Å². The standard InChI is InChI=1S/C29H32F3N8O4P/c1-4-12-45(43)17-18-6-7-22(24(13-18)44-3)38-28-34-15-20(29(30,31)32)26(39-28)37-23-9-8-21(36-25(23)27(42)33-2)19-14-35-40(16-19)10-5-11-41/h6-9,13-16,41H,4-5,10-12,17H2,1-3H3,(H2-,33,34,37,38,39,42)/p+1. The van der Waals surface area contributed by atoms with Crippen LogP contribution in [0.2, 0.25) is 0 Å². The van der Waals surface area contributed by atoms with Crippen LogP contribution in [0.4, 0.5) is 36.3 Å². The Kier molecular flexibility index (Phi) is 11.0. The number of carbonyl (C=O) groups excluding carboxylic acids is 1. The van der Waals surface area contributed by atoms with Gasteiger partial charge < -0.3 is 25.8 Å². The molecule has 0 aliphatic carbocycles. The number of pyridine rings is 1. The molecule has 0 fully saturated rings. The van der Waals surface area contributed by atoms with Crippen molar-refractivity contribution in [2.45, 2.75) is 38.6 Å². The highest BCUT2D eigenvalue weighted by Crippen LogP contribution is 2.37. The van der Waals surface area contributed by atoms with Crippen molar-refractivity contribution < 1.29 is 32.4 Å². The largest absolute Gasteiger partial charge is 0.495 e. The van der Waals surface area contributed by atoms with Crippen molar-refractivity contribution in [2.75, 3.05) is 37.6 Å². The number of benzene rings is 1. The molecule has 4 aromatic rings. The van der Waals surface area contributed by atoms with Crippen molar-refractivity contribution in [3.8, 4) is 17.0 Å². The minimum atomic E-state index is -4.82. The Bertz CT molecular complexity index is 1660. The number of carbonyl (C=O) groups is 1. The number of amides is 1. The molecule has 0 saturated heterocycles. The molecular formula is C29H33F3N8O4P+. The SMILES string of the molecule is CCC[P+](=O)Cc1ccc(Nc2ncc(C(F)(F)F)c(Nc3ccc(-c4cnn(CCCO)c4)nc3C(=O)NC)n2)c(OC)c1. The van der Waals surface area contributed by atoms with Gasteiger partial charge in [0.15, 0.2) is 11.9 Å². The number of nitrogens with one attached hydrogen (secondary N) is 3. The molecule has 4 rings (SSSR count). The molecule has 4 N–H and O–H groups in total. The number of aliphatic hydroxyl groups is 1. The van der Waals surface area contributed by atoms with Crippen LogP contribution in [0.3, 0.4) is 0 Å². The molecule has 1 aromatic carbocycles. The number of methoxy groups -OCH3 is 1. The van der Waals surface area contributed by atoms with Crippen LogP contribution in [0.5, 0.6) is 5.75 Å². The van der Waals surface area contributed by atoms with Gasteiger partial charge in [0.25, 0.3) is 5.91 Å². The van der Waals surface area contributed by atoms with Crippen molar-refractivity contribution in [1.82, 2.24) is 30.0 Å². The second-order valence-corrected chi connectivity index (χ2v) is 11.6. The van der Waals surface area contributed by atoms with Gasteiger partial charge in [-0.2, -0.15) is 23.3 Å². The van der Waals surface area contributed by atoms with Gasteiger partial charge in [0.2, 0.25) is 5.95 Å². The predicted molar refractivity (Wildman–Crippen MR) is 164 cm³/mol. The maximum Gasteiger partial charge on any atom is 0.421 e. The molecule has 0 aliphatic rings. The Morgan fingerprint density at radius 1 is 1.11 bits per heavy atom. The van der Waals surface area contributed by atoms with Crippen LogP contribution in [-0.4, -0.2) is 62.7 Å². The number of nitrogens with zero attached hydrogens (tertiary/aromatic N) is 5. The van der Waals surface area contributed by atoms with E-state index < -0.39 is 31.3 Å². The second kappa shape index (κ2) is 14.9. The zero-order valence-corrected chi connectivity index (χ0v) is 25.7. The lowest BCUT2D eigenvalue weighted by atomic mass is 10.1. The first-order valence-electron chi connectivity index (χ1n) is 14.0. The van der Waals surface area contributed by atoms with E-state index in [0.717, 1.165) is 12.0 Å². The zero-order valence-electron chi connectivity index (χ0n) is 24.9. The number of ether oxygens (including phenoxy) is 1. The summed E-state index contributed by atoms with van der Waals surface area (Å²) in [5, 5.41) is 21.2. The fraction of sp³-hybridized carbons (Fsp3) is 0.345. The molecule has 1 amide bonds. The smallest absolute Gasteiger partial charge is 0.421 e. The Balaban J connectivity index is 1.67. The second-order valence-electron chi connectivity index (χ2n) is 9.84. The highest BCUT2D eigenvalue weighted by atomic mass is 31.1. The first kappa shape index (κ1) is 33.3. The number of anilines is 4. The summed E-state index contributed by atoms with van der Waals surface area (Å²) < 4.78 is 61.4. The third kappa shape index (κ3) is 8.52.